The standard InChI is InChI=1S/C6H4BrNO3.C6H5BrO/c7-4-1-2-5(8(10)11)6(9)3-4;7-5-2-1-3-6(8)4-5/h1-3,9H;1-4,8H. The molecule has 0 spiro atoms. The van der Waals surface area contributed by atoms with E-state index >= 15 is 0 Å². The zero-order chi connectivity index (χ0) is 14.4. The molecular weight excluding hydrogens is 382 g/mol. The van der Waals surface area contributed by atoms with Crippen LogP contribution < -0.4 is 0 Å². The van der Waals surface area contributed by atoms with E-state index in [1.165, 1.54) is 18.2 Å². The fraction of sp³-hybridized carbons (Fsp3) is 0. The summed E-state index contributed by atoms with van der Waals surface area (Å²) >= 11 is 6.26. The van der Waals surface area contributed by atoms with Crippen LogP contribution in [0.2, 0.25) is 0 Å². The van der Waals surface area contributed by atoms with Crippen molar-refractivity contribution in [2.24, 2.45) is 0 Å². The second-order valence-corrected chi connectivity index (χ2v) is 5.20. The Morgan fingerprint density at radius 3 is 2.05 bits per heavy atom. The lowest BCUT2D eigenvalue weighted by Crippen LogP contribution is -1.87. The van der Waals surface area contributed by atoms with E-state index in [9.17, 15) is 10.1 Å². The molecule has 0 aliphatic rings. The third kappa shape index (κ3) is 5.27. The molecule has 0 aromatic heterocycles. The summed E-state index contributed by atoms with van der Waals surface area (Å²) in [5.41, 5.74) is -0.284. The van der Waals surface area contributed by atoms with Gasteiger partial charge in [-0.3, -0.25) is 10.1 Å². The molecule has 0 aliphatic carbocycles. The molecule has 2 aromatic rings. The zero-order valence-corrected chi connectivity index (χ0v) is 12.6. The summed E-state index contributed by atoms with van der Waals surface area (Å²) in [5.74, 6) is -0.0382. The van der Waals surface area contributed by atoms with Gasteiger partial charge in [-0.1, -0.05) is 37.9 Å². The Kier molecular flexibility index (Phi) is 5.78. The minimum absolute atomic E-state index is 0.284. The summed E-state index contributed by atoms with van der Waals surface area (Å²) in [6, 6.07) is 10.9. The largest absolute Gasteiger partial charge is 0.508 e. The van der Waals surface area contributed by atoms with Crippen LogP contribution in [0.1, 0.15) is 0 Å². The topological polar surface area (TPSA) is 83.6 Å². The first-order valence-electron chi connectivity index (χ1n) is 4.97. The lowest BCUT2D eigenvalue weighted by molar-refractivity contribution is -0.385. The van der Waals surface area contributed by atoms with Crippen LogP contribution in [0.4, 0.5) is 5.69 Å². The number of benzene rings is 2. The second-order valence-electron chi connectivity index (χ2n) is 3.37. The van der Waals surface area contributed by atoms with Crippen LogP contribution in [0, 0.1) is 10.1 Å². The zero-order valence-electron chi connectivity index (χ0n) is 9.46. The molecule has 7 heteroatoms. The molecule has 0 saturated heterocycles. The van der Waals surface area contributed by atoms with E-state index in [2.05, 4.69) is 31.9 Å². The molecule has 0 unspecified atom stereocenters. The van der Waals surface area contributed by atoms with Gasteiger partial charge in [0, 0.05) is 21.1 Å². The van der Waals surface area contributed by atoms with Crippen LogP contribution in [0.3, 0.4) is 0 Å². The summed E-state index contributed by atoms with van der Waals surface area (Å²) in [6.45, 7) is 0. The number of phenolic OH excluding ortho intramolecular Hbond substituents is 2. The summed E-state index contributed by atoms with van der Waals surface area (Å²) in [6.07, 6.45) is 0. The van der Waals surface area contributed by atoms with E-state index < -0.39 is 4.92 Å². The van der Waals surface area contributed by atoms with E-state index in [0.717, 1.165) is 4.47 Å². The van der Waals surface area contributed by atoms with Gasteiger partial charge in [0.1, 0.15) is 5.75 Å². The Morgan fingerprint density at radius 1 is 1.00 bits per heavy atom. The highest BCUT2D eigenvalue weighted by molar-refractivity contribution is 9.10. The molecule has 2 N–H and O–H groups in total. The van der Waals surface area contributed by atoms with Crippen molar-refractivity contribution in [3.8, 4) is 11.5 Å². The number of rotatable bonds is 1. The number of aromatic hydroxyl groups is 2. The van der Waals surface area contributed by atoms with Gasteiger partial charge >= 0.3 is 5.69 Å². The van der Waals surface area contributed by atoms with Crippen LogP contribution in [0.25, 0.3) is 0 Å². The first kappa shape index (κ1) is 15.5. The third-order valence-electron chi connectivity index (χ3n) is 1.94. The fourth-order valence-electron chi connectivity index (χ4n) is 1.13. The highest BCUT2D eigenvalue weighted by Gasteiger charge is 2.11. The van der Waals surface area contributed by atoms with Gasteiger partial charge in [0.15, 0.2) is 5.75 Å². The third-order valence-corrected chi connectivity index (χ3v) is 2.93. The van der Waals surface area contributed by atoms with Crippen molar-refractivity contribution in [1.29, 1.82) is 0 Å². The summed E-state index contributed by atoms with van der Waals surface area (Å²) in [7, 11) is 0. The normalized spacial score (nSPS) is 9.37. The van der Waals surface area contributed by atoms with Crippen molar-refractivity contribution in [2.75, 3.05) is 0 Å². The van der Waals surface area contributed by atoms with Gasteiger partial charge in [0.05, 0.1) is 4.92 Å². The molecule has 100 valence electrons. The van der Waals surface area contributed by atoms with Crippen molar-refractivity contribution in [3.05, 3.63) is 61.5 Å². The molecule has 0 heterocycles. The van der Waals surface area contributed by atoms with Gasteiger partial charge in [-0.2, -0.15) is 0 Å². The van der Waals surface area contributed by atoms with Gasteiger partial charge < -0.3 is 10.2 Å². The average molecular weight is 391 g/mol. The molecule has 2 aromatic carbocycles. The second kappa shape index (κ2) is 7.10. The predicted molar refractivity (Wildman–Crippen MR) is 78.3 cm³/mol. The molecule has 0 bridgehead atoms. The number of hydrogen-bond acceptors (Lipinski definition) is 4. The SMILES string of the molecule is O=[N+]([O-])c1ccc(Br)cc1O.Oc1cccc(Br)c1. The highest BCUT2D eigenvalue weighted by Crippen LogP contribution is 2.28. The number of phenols is 2. The molecule has 0 radical (unpaired) electrons. The number of hydrogen-bond donors (Lipinski definition) is 2. The van der Waals surface area contributed by atoms with Crippen molar-refractivity contribution in [3.63, 3.8) is 0 Å². The smallest absolute Gasteiger partial charge is 0.310 e. The fourth-order valence-corrected chi connectivity index (χ4v) is 1.86. The van der Waals surface area contributed by atoms with Crippen LogP contribution in [0.15, 0.2) is 51.4 Å². The highest BCUT2D eigenvalue weighted by atomic mass is 79.9. The van der Waals surface area contributed by atoms with Crippen LogP contribution in [-0.4, -0.2) is 15.1 Å². The maximum absolute atomic E-state index is 10.2. The molecule has 0 saturated carbocycles. The Balaban J connectivity index is 0.000000200. The van der Waals surface area contributed by atoms with E-state index in [4.69, 9.17) is 10.2 Å². The molecular formula is C12H9Br2NO4. The maximum Gasteiger partial charge on any atom is 0.310 e. The summed E-state index contributed by atoms with van der Waals surface area (Å²) < 4.78 is 1.51. The summed E-state index contributed by atoms with van der Waals surface area (Å²) in [4.78, 5) is 9.53. The Bertz CT molecular complexity index is 572. The Hall–Kier alpha value is -1.60. The van der Waals surface area contributed by atoms with Crippen LogP contribution >= 0.6 is 31.9 Å². The van der Waals surface area contributed by atoms with Gasteiger partial charge in [-0.15, -0.1) is 0 Å². The molecule has 0 atom stereocenters. The molecule has 2 rings (SSSR count). The van der Waals surface area contributed by atoms with Crippen molar-refractivity contribution in [1.82, 2.24) is 0 Å². The summed E-state index contributed by atoms with van der Waals surface area (Å²) in [5, 5.41) is 27.9. The van der Waals surface area contributed by atoms with E-state index in [0.29, 0.717) is 10.2 Å². The van der Waals surface area contributed by atoms with Crippen LogP contribution in [-0.2, 0) is 0 Å². The lowest BCUT2D eigenvalue weighted by Gasteiger charge is -1.94. The van der Waals surface area contributed by atoms with Gasteiger partial charge in [0.25, 0.3) is 0 Å². The van der Waals surface area contributed by atoms with Crippen LogP contribution in [0.5, 0.6) is 11.5 Å². The monoisotopic (exact) mass is 389 g/mol. The molecule has 0 aliphatic heterocycles. The number of nitro groups is 1. The first-order valence-corrected chi connectivity index (χ1v) is 6.56. The van der Waals surface area contributed by atoms with E-state index in [1.54, 1.807) is 18.2 Å². The van der Waals surface area contributed by atoms with Crippen molar-refractivity contribution >= 4 is 37.5 Å². The molecule has 5 nitrogen and oxygen atoms in total. The maximum atomic E-state index is 10.2. The Labute approximate surface area is 125 Å². The average Bonchev–Trinajstić information content (AvgIpc) is 2.28. The molecule has 0 fully saturated rings. The number of nitrogens with zero attached hydrogens (tertiary/aromatic N) is 1. The van der Waals surface area contributed by atoms with Crippen molar-refractivity contribution in [2.45, 2.75) is 0 Å². The lowest BCUT2D eigenvalue weighted by atomic mass is 10.3. The van der Waals surface area contributed by atoms with Gasteiger partial charge in [-0.25, -0.2) is 0 Å². The number of nitro benzene ring substituents is 1. The number of halogens is 2. The van der Waals surface area contributed by atoms with Crippen molar-refractivity contribution < 1.29 is 15.1 Å². The predicted octanol–water partition coefficient (Wildman–Crippen LogP) is 4.22. The molecule has 0 amide bonds. The minimum atomic E-state index is -0.637. The Morgan fingerprint density at radius 2 is 1.63 bits per heavy atom. The minimum Gasteiger partial charge on any atom is -0.508 e. The van der Waals surface area contributed by atoms with Gasteiger partial charge in [0.2, 0.25) is 0 Å². The van der Waals surface area contributed by atoms with Gasteiger partial charge in [-0.05, 0) is 24.3 Å². The quantitative estimate of drug-likeness (QED) is 0.564. The first-order chi connectivity index (χ1) is 8.90. The molecule has 19 heavy (non-hydrogen) atoms. The van der Waals surface area contributed by atoms with E-state index in [1.807, 2.05) is 6.07 Å². The van der Waals surface area contributed by atoms with E-state index in [-0.39, 0.29) is 11.4 Å².